The number of hydrogen-bond acceptors (Lipinski definition) is 3. The normalized spacial score (nSPS) is 24.4. The van der Waals surface area contributed by atoms with E-state index in [-0.39, 0.29) is 0 Å². The lowest BCUT2D eigenvalue weighted by atomic mass is 9.96. The number of rotatable bonds is 6. The molecule has 1 saturated heterocycles. The molecular weight excluding hydrogens is 248 g/mol. The molecule has 2 heterocycles. The zero-order chi connectivity index (χ0) is 14.5. The highest BCUT2D eigenvalue weighted by Gasteiger charge is 2.29. The Morgan fingerprint density at radius 2 is 2.20 bits per heavy atom. The molecule has 1 aliphatic rings. The Balaban J connectivity index is 2.02. The van der Waals surface area contributed by atoms with Crippen LogP contribution in [0.25, 0.3) is 0 Å². The lowest BCUT2D eigenvalue weighted by Crippen LogP contribution is -2.57. The Morgan fingerprint density at radius 1 is 1.40 bits per heavy atom. The summed E-state index contributed by atoms with van der Waals surface area (Å²) < 4.78 is 2.02. The first-order chi connectivity index (χ1) is 9.63. The molecule has 0 aliphatic carbocycles. The van der Waals surface area contributed by atoms with E-state index in [0.29, 0.717) is 18.0 Å². The number of aryl methyl sites for hydroxylation is 1. The van der Waals surface area contributed by atoms with Crippen LogP contribution in [0.4, 0.5) is 0 Å². The molecule has 1 fully saturated rings. The van der Waals surface area contributed by atoms with E-state index in [1.807, 2.05) is 10.9 Å². The van der Waals surface area contributed by atoms with Crippen molar-refractivity contribution in [2.24, 2.45) is 5.92 Å². The van der Waals surface area contributed by atoms with Gasteiger partial charge in [0, 0.05) is 50.0 Å². The molecule has 2 rings (SSSR count). The van der Waals surface area contributed by atoms with Crippen LogP contribution in [0.1, 0.15) is 46.1 Å². The Labute approximate surface area is 123 Å². The number of aromatic nitrogens is 2. The van der Waals surface area contributed by atoms with Gasteiger partial charge in [-0.25, -0.2) is 0 Å². The summed E-state index contributed by atoms with van der Waals surface area (Å²) in [4.78, 5) is 2.65. The second-order valence-electron chi connectivity index (χ2n) is 6.34. The fourth-order valence-corrected chi connectivity index (χ4v) is 3.18. The van der Waals surface area contributed by atoms with E-state index < -0.39 is 0 Å². The van der Waals surface area contributed by atoms with Gasteiger partial charge in [0.05, 0.1) is 6.20 Å². The summed E-state index contributed by atoms with van der Waals surface area (Å²) in [5, 5.41) is 8.12. The Bertz CT molecular complexity index is 399. The zero-order valence-corrected chi connectivity index (χ0v) is 13.5. The van der Waals surface area contributed by atoms with Crippen molar-refractivity contribution >= 4 is 0 Å². The second kappa shape index (κ2) is 7.23. The summed E-state index contributed by atoms with van der Waals surface area (Å²) in [6.07, 6.45) is 6.74. The van der Waals surface area contributed by atoms with Crippen LogP contribution in [0, 0.1) is 5.92 Å². The quantitative estimate of drug-likeness (QED) is 0.868. The number of hydrogen-bond donors (Lipinski definition) is 1. The van der Waals surface area contributed by atoms with Crippen molar-refractivity contribution in [2.75, 3.05) is 13.1 Å². The molecule has 1 aromatic rings. The summed E-state index contributed by atoms with van der Waals surface area (Å²) in [5.41, 5.74) is 1.34. The van der Waals surface area contributed by atoms with Crippen LogP contribution in [0.15, 0.2) is 12.4 Å². The SMILES string of the molecule is CCCC1CN(Cc2cnn(CC)c2)C(C(C)C)CN1. The topological polar surface area (TPSA) is 33.1 Å². The summed E-state index contributed by atoms with van der Waals surface area (Å²) >= 11 is 0. The van der Waals surface area contributed by atoms with E-state index >= 15 is 0 Å². The van der Waals surface area contributed by atoms with Crippen LogP contribution in [0.2, 0.25) is 0 Å². The molecule has 0 spiro atoms. The fourth-order valence-electron chi connectivity index (χ4n) is 3.18. The molecule has 0 saturated carbocycles. The van der Waals surface area contributed by atoms with Crippen LogP contribution in [0.3, 0.4) is 0 Å². The van der Waals surface area contributed by atoms with E-state index in [1.54, 1.807) is 0 Å². The van der Waals surface area contributed by atoms with Crippen molar-refractivity contribution < 1.29 is 0 Å². The minimum absolute atomic E-state index is 0.632. The molecule has 4 nitrogen and oxygen atoms in total. The third kappa shape index (κ3) is 3.83. The van der Waals surface area contributed by atoms with E-state index in [1.165, 1.54) is 18.4 Å². The fraction of sp³-hybridized carbons (Fsp3) is 0.812. The first-order valence-electron chi connectivity index (χ1n) is 8.12. The Kier molecular flexibility index (Phi) is 5.61. The molecule has 1 aromatic heterocycles. The van der Waals surface area contributed by atoms with Gasteiger partial charge in [-0.15, -0.1) is 0 Å². The number of nitrogens with one attached hydrogen (secondary N) is 1. The van der Waals surface area contributed by atoms with Crippen molar-refractivity contribution in [3.8, 4) is 0 Å². The molecule has 2 atom stereocenters. The minimum Gasteiger partial charge on any atom is -0.311 e. The van der Waals surface area contributed by atoms with Crippen LogP contribution >= 0.6 is 0 Å². The van der Waals surface area contributed by atoms with Gasteiger partial charge in [-0.3, -0.25) is 9.58 Å². The van der Waals surface area contributed by atoms with Crippen LogP contribution in [-0.2, 0) is 13.1 Å². The number of nitrogens with zero attached hydrogens (tertiary/aromatic N) is 3. The van der Waals surface area contributed by atoms with Gasteiger partial charge in [-0.1, -0.05) is 27.2 Å². The first kappa shape index (κ1) is 15.5. The van der Waals surface area contributed by atoms with Crippen molar-refractivity contribution in [1.29, 1.82) is 0 Å². The minimum atomic E-state index is 0.632. The van der Waals surface area contributed by atoms with Gasteiger partial charge < -0.3 is 5.32 Å². The lowest BCUT2D eigenvalue weighted by Gasteiger charge is -2.42. The number of piperazine rings is 1. The first-order valence-corrected chi connectivity index (χ1v) is 8.12. The van der Waals surface area contributed by atoms with Gasteiger partial charge in [0.2, 0.25) is 0 Å². The van der Waals surface area contributed by atoms with Gasteiger partial charge in [0.15, 0.2) is 0 Å². The highest BCUT2D eigenvalue weighted by Crippen LogP contribution is 2.19. The third-order valence-electron chi connectivity index (χ3n) is 4.34. The van der Waals surface area contributed by atoms with Crippen LogP contribution < -0.4 is 5.32 Å². The molecule has 0 bridgehead atoms. The van der Waals surface area contributed by atoms with Crippen molar-refractivity contribution in [1.82, 2.24) is 20.0 Å². The molecule has 114 valence electrons. The smallest absolute Gasteiger partial charge is 0.0534 e. The molecule has 20 heavy (non-hydrogen) atoms. The summed E-state index contributed by atoms with van der Waals surface area (Å²) in [7, 11) is 0. The van der Waals surface area contributed by atoms with Gasteiger partial charge in [0.25, 0.3) is 0 Å². The van der Waals surface area contributed by atoms with Crippen molar-refractivity contribution in [3.05, 3.63) is 18.0 Å². The molecule has 0 radical (unpaired) electrons. The standard InChI is InChI=1S/C16H30N4/c1-5-7-15-12-19(16(9-17-15)13(3)4)10-14-8-18-20(6-2)11-14/h8,11,13,15-17H,5-7,9-10,12H2,1-4H3. The molecule has 4 heteroatoms. The Morgan fingerprint density at radius 3 is 2.80 bits per heavy atom. The average Bonchev–Trinajstić information content (AvgIpc) is 2.87. The summed E-state index contributed by atoms with van der Waals surface area (Å²) in [6.45, 7) is 13.3. The summed E-state index contributed by atoms with van der Waals surface area (Å²) in [5.74, 6) is 0.686. The zero-order valence-electron chi connectivity index (χ0n) is 13.5. The van der Waals surface area contributed by atoms with E-state index in [2.05, 4.69) is 49.2 Å². The van der Waals surface area contributed by atoms with Crippen LogP contribution in [-0.4, -0.2) is 39.9 Å². The van der Waals surface area contributed by atoms with Gasteiger partial charge in [-0.2, -0.15) is 5.10 Å². The molecule has 1 N–H and O–H groups in total. The van der Waals surface area contributed by atoms with Crippen molar-refractivity contribution in [3.63, 3.8) is 0 Å². The van der Waals surface area contributed by atoms with Crippen molar-refractivity contribution in [2.45, 2.75) is 65.7 Å². The molecular formula is C16H30N4. The van der Waals surface area contributed by atoms with Gasteiger partial charge >= 0.3 is 0 Å². The Hall–Kier alpha value is -0.870. The third-order valence-corrected chi connectivity index (χ3v) is 4.34. The molecule has 2 unspecified atom stereocenters. The maximum Gasteiger partial charge on any atom is 0.0534 e. The highest BCUT2D eigenvalue weighted by atomic mass is 15.3. The highest BCUT2D eigenvalue weighted by molar-refractivity contribution is 5.05. The van der Waals surface area contributed by atoms with Gasteiger partial charge in [0.1, 0.15) is 0 Å². The molecule has 1 aliphatic heterocycles. The van der Waals surface area contributed by atoms with E-state index in [0.717, 1.165) is 26.2 Å². The van der Waals surface area contributed by atoms with Gasteiger partial charge in [-0.05, 0) is 19.3 Å². The maximum atomic E-state index is 4.40. The van der Waals surface area contributed by atoms with E-state index in [4.69, 9.17) is 0 Å². The molecule has 0 amide bonds. The largest absolute Gasteiger partial charge is 0.311 e. The molecule has 0 aromatic carbocycles. The average molecular weight is 278 g/mol. The van der Waals surface area contributed by atoms with Crippen LogP contribution in [0.5, 0.6) is 0 Å². The predicted octanol–water partition coefficient (Wildman–Crippen LogP) is 2.50. The predicted molar refractivity (Wildman–Crippen MR) is 83.6 cm³/mol. The monoisotopic (exact) mass is 278 g/mol. The lowest BCUT2D eigenvalue weighted by molar-refractivity contribution is 0.0885. The summed E-state index contributed by atoms with van der Waals surface area (Å²) in [6, 6.07) is 1.28. The second-order valence-corrected chi connectivity index (χ2v) is 6.34. The van der Waals surface area contributed by atoms with E-state index in [9.17, 15) is 0 Å². The maximum absolute atomic E-state index is 4.40.